The van der Waals surface area contributed by atoms with Crippen LogP contribution in [0.2, 0.25) is 5.82 Å². The molecule has 0 spiro atoms. The summed E-state index contributed by atoms with van der Waals surface area (Å²) in [6.07, 6.45) is 4.06. The first-order chi connectivity index (χ1) is 13.1. The molecule has 0 aliphatic carbocycles. The molecule has 0 radical (unpaired) electrons. The van der Waals surface area contributed by atoms with E-state index in [0.29, 0.717) is 6.42 Å². The van der Waals surface area contributed by atoms with Gasteiger partial charge >= 0.3 is 7.48 Å². The maximum absolute atomic E-state index is 13.0. The Labute approximate surface area is 161 Å². The number of anilines is 1. The monoisotopic (exact) mass is 364 g/mol. The van der Waals surface area contributed by atoms with Crippen LogP contribution in [-0.2, 0) is 22.3 Å². The number of hydrogen-bond donors (Lipinski definition) is 1. The first kappa shape index (κ1) is 20.3. The number of carbonyl (C=O) groups is 1. The van der Waals surface area contributed by atoms with Gasteiger partial charge in [-0.2, -0.15) is 0 Å². The van der Waals surface area contributed by atoms with Crippen LogP contribution in [0.15, 0.2) is 61.2 Å². The van der Waals surface area contributed by atoms with Crippen molar-refractivity contribution in [3.8, 4) is 5.75 Å². The lowest BCUT2D eigenvalue weighted by Gasteiger charge is -2.23. The number of ether oxygens (including phenoxy) is 1. The Morgan fingerprint density at radius 3 is 2.59 bits per heavy atom. The van der Waals surface area contributed by atoms with Crippen molar-refractivity contribution in [3.63, 3.8) is 0 Å². The molecule has 2 aromatic carbocycles. The van der Waals surface area contributed by atoms with Gasteiger partial charge in [0, 0.05) is 12.7 Å². The Hall–Kier alpha value is -3.02. The van der Waals surface area contributed by atoms with Gasteiger partial charge in [-0.1, -0.05) is 30.3 Å². The summed E-state index contributed by atoms with van der Waals surface area (Å²) in [7, 11) is 3.51. The van der Waals surface area contributed by atoms with E-state index < -0.39 is 5.82 Å². The molecule has 140 valence electrons. The molecular formula is C21H25BN2O3. The Kier molecular flexibility index (Phi) is 7.68. The van der Waals surface area contributed by atoms with Gasteiger partial charge in [0.05, 0.1) is 12.9 Å². The van der Waals surface area contributed by atoms with Crippen molar-refractivity contribution < 1.29 is 14.2 Å². The van der Waals surface area contributed by atoms with Crippen LogP contribution in [0.5, 0.6) is 5.75 Å². The fourth-order valence-corrected chi connectivity index (χ4v) is 2.92. The number of allylic oxidation sites excluding steroid dienone is 1. The van der Waals surface area contributed by atoms with Gasteiger partial charge in [-0.05, 0) is 48.2 Å². The van der Waals surface area contributed by atoms with E-state index in [0.717, 1.165) is 35.4 Å². The molecule has 27 heavy (non-hydrogen) atoms. The lowest BCUT2D eigenvalue weighted by Crippen LogP contribution is -2.34. The molecule has 0 saturated carbocycles. The number of nitrogens with zero attached hydrogens (tertiary/aromatic N) is 1. The largest absolute Gasteiger partial charge is 0.556 e. The van der Waals surface area contributed by atoms with Crippen LogP contribution >= 0.6 is 0 Å². The summed E-state index contributed by atoms with van der Waals surface area (Å²) in [4.78, 5) is 14.7. The molecule has 0 aromatic heterocycles. The highest BCUT2D eigenvalue weighted by molar-refractivity contribution is 6.40. The number of amides is 1. The second-order valence-corrected chi connectivity index (χ2v) is 6.26. The van der Waals surface area contributed by atoms with Crippen LogP contribution in [0.1, 0.15) is 11.1 Å². The lowest BCUT2D eigenvalue weighted by molar-refractivity contribution is -0.118. The number of carbonyl (C=O) groups excluding carboxylic acids is 1. The van der Waals surface area contributed by atoms with Crippen LogP contribution in [0.4, 0.5) is 5.69 Å². The molecule has 5 nitrogen and oxygen atoms in total. The average Bonchev–Trinajstić information content (AvgIpc) is 2.70. The molecule has 0 bridgehead atoms. The highest BCUT2D eigenvalue weighted by Gasteiger charge is 2.26. The normalized spacial score (nSPS) is 11.2. The highest BCUT2D eigenvalue weighted by Crippen LogP contribution is 2.23. The van der Waals surface area contributed by atoms with E-state index in [2.05, 4.69) is 12.6 Å². The molecule has 0 heterocycles. The zero-order valence-electron chi connectivity index (χ0n) is 15.9. The quantitative estimate of drug-likeness (QED) is 0.304. The van der Waals surface area contributed by atoms with Crippen LogP contribution in [-0.4, -0.2) is 33.9 Å². The fraction of sp³-hybridized carbons (Fsp3) is 0.238. The van der Waals surface area contributed by atoms with E-state index in [-0.39, 0.29) is 13.4 Å². The van der Waals surface area contributed by atoms with Gasteiger partial charge < -0.3 is 14.3 Å². The van der Waals surface area contributed by atoms with E-state index in [9.17, 15) is 4.79 Å². The molecule has 0 aliphatic rings. The zero-order valence-corrected chi connectivity index (χ0v) is 15.9. The van der Waals surface area contributed by atoms with E-state index in [1.165, 1.54) is 0 Å². The Balaban J connectivity index is 2.17. The fourth-order valence-electron chi connectivity index (χ4n) is 2.92. The third kappa shape index (κ3) is 5.74. The molecule has 2 aromatic rings. The second-order valence-electron chi connectivity index (χ2n) is 6.26. The third-order valence-corrected chi connectivity index (χ3v) is 4.37. The Morgan fingerprint density at radius 2 is 1.96 bits per heavy atom. The van der Waals surface area contributed by atoms with Gasteiger partial charge in [0.2, 0.25) is 5.91 Å². The van der Waals surface area contributed by atoms with Gasteiger partial charge in [-0.25, -0.2) is 0 Å². The van der Waals surface area contributed by atoms with Crippen molar-refractivity contribution in [1.29, 1.82) is 5.41 Å². The summed E-state index contributed by atoms with van der Waals surface area (Å²) in [5, 5.41) is 7.12. The Morgan fingerprint density at radius 1 is 1.26 bits per heavy atom. The zero-order chi connectivity index (χ0) is 19.6. The van der Waals surface area contributed by atoms with Gasteiger partial charge in [0.25, 0.3) is 0 Å². The van der Waals surface area contributed by atoms with Crippen LogP contribution in [0.3, 0.4) is 0 Å². The minimum absolute atomic E-state index is 0.0591. The van der Waals surface area contributed by atoms with Crippen LogP contribution in [0.25, 0.3) is 0 Å². The minimum Gasteiger partial charge on any atom is -0.556 e. The van der Waals surface area contributed by atoms with Crippen molar-refractivity contribution in [2.75, 3.05) is 19.1 Å². The van der Waals surface area contributed by atoms with Crippen molar-refractivity contribution in [3.05, 3.63) is 72.3 Å². The number of nitrogens with one attached hydrogen (secondary N) is 1. The maximum Gasteiger partial charge on any atom is 0.354 e. The van der Waals surface area contributed by atoms with Crippen LogP contribution in [0, 0.1) is 5.41 Å². The van der Waals surface area contributed by atoms with Crippen molar-refractivity contribution in [2.45, 2.75) is 18.7 Å². The first-order valence-electron chi connectivity index (χ1n) is 8.80. The lowest BCUT2D eigenvalue weighted by atomic mass is 9.74. The molecule has 2 rings (SSSR count). The highest BCUT2D eigenvalue weighted by atomic mass is 16.5. The molecule has 0 saturated heterocycles. The smallest absolute Gasteiger partial charge is 0.354 e. The van der Waals surface area contributed by atoms with E-state index in [4.69, 9.17) is 14.8 Å². The number of methoxy groups -OCH3 is 1. The molecule has 0 unspecified atom stereocenters. The van der Waals surface area contributed by atoms with Gasteiger partial charge in [-0.15, -0.1) is 6.58 Å². The molecule has 0 aliphatic heterocycles. The summed E-state index contributed by atoms with van der Waals surface area (Å²) in [6, 6.07) is 15.4. The number of benzene rings is 2. The maximum atomic E-state index is 13.0. The predicted molar refractivity (Wildman–Crippen MR) is 111 cm³/mol. The van der Waals surface area contributed by atoms with Gasteiger partial charge in [0.1, 0.15) is 12.2 Å². The SMILES string of the molecule is C=CCc1cccc(C[C@H](BOC=N)C(=O)N(C)c2ccc(OC)cc2)c1. The topological polar surface area (TPSA) is 62.6 Å². The molecule has 1 amide bonds. The summed E-state index contributed by atoms with van der Waals surface area (Å²) >= 11 is 0. The first-order valence-corrected chi connectivity index (χ1v) is 8.80. The molecule has 1 N–H and O–H groups in total. The minimum atomic E-state index is -0.391. The van der Waals surface area contributed by atoms with E-state index >= 15 is 0 Å². The van der Waals surface area contributed by atoms with Crippen molar-refractivity contribution in [1.82, 2.24) is 0 Å². The van der Waals surface area contributed by atoms with E-state index in [1.54, 1.807) is 19.1 Å². The number of hydrogen-bond acceptors (Lipinski definition) is 4. The molecular weight excluding hydrogens is 339 g/mol. The molecule has 6 heteroatoms. The summed E-state index contributed by atoms with van der Waals surface area (Å²) < 4.78 is 10.3. The van der Waals surface area contributed by atoms with Crippen molar-refractivity contribution in [2.24, 2.45) is 0 Å². The summed E-state index contributed by atoms with van der Waals surface area (Å²) in [6.45, 7) is 3.77. The molecule has 1 atom stereocenters. The van der Waals surface area contributed by atoms with Gasteiger partial charge in [-0.3, -0.25) is 10.2 Å². The Bertz CT molecular complexity index is 777. The second kappa shape index (κ2) is 10.2. The molecule has 0 fully saturated rings. The van der Waals surface area contributed by atoms with Gasteiger partial charge in [0.15, 0.2) is 0 Å². The predicted octanol–water partition coefficient (Wildman–Crippen LogP) is 3.39. The van der Waals surface area contributed by atoms with Crippen molar-refractivity contribution >= 4 is 25.5 Å². The van der Waals surface area contributed by atoms with Crippen LogP contribution < -0.4 is 9.64 Å². The standard InChI is InChI=1S/C21H25BN2O3/c1-4-6-16-7-5-8-17(13-16)14-20(22-27-15-23)21(25)24(2)18-9-11-19(26-3)12-10-18/h4-5,7-13,15,20,22-23H,1,6,14H2,2-3H3/t20-/m0/s1. The van der Waals surface area contributed by atoms with E-state index in [1.807, 2.05) is 48.5 Å². The summed E-state index contributed by atoms with van der Waals surface area (Å²) in [5.41, 5.74) is 3.00. The summed E-state index contributed by atoms with van der Waals surface area (Å²) in [5.74, 6) is 0.288. The third-order valence-electron chi connectivity index (χ3n) is 4.37. The average molecular weight is 364 g/mol. The number of rotatable bonds is 10.